The van der Waals surface area contributed by atoms with Crippen LogP contribution in [0, 0.1) is 0 Å². The Balaban J connectivity index is 1.51. The fraction of sp³-hybridized carbons (Fsp3) is 0.550. The third-order valence-electron chi connectivity index (χ3n) is 5.01. The first-order chi connectivity index (χ1) is 13.2. The van der Waals surface area contributed by atoms with Gasteiger partial charge < -0.3 is 29.8 Å². The highest BCUT2D eigenvalue weighted by atomic mass is 16.3. The second kappa shape index (κ2) is 9.62. The molecule has 0 bridgehead atoms. The molecule has 1 aromatic rings. The van der Waals surface area contributed by atoms with Crippen LogP contribution in [-0.4, -0.2) is 73.9 Å². The van der Waals surface area contributed by atoms with Gasteiger partial charge in [0.1, 0.15) is 0 Å². The molecule has 1 unspecified atom stereocenters. The van der Waals surface area contributed by atoms with Gasteiger partial charge in [-0.05, 0) is 31.9 Å². The summed E-state index contributed by atoms with van der Waals surface area (Å²) < 4.78 is 0. The van der Waals surface area contributed by atoms with E-state index in [2.05, 4.69) is 69.5 Å². The standard InChI is InChI=1S/C20H31N5O2/c1-18-24(8-4-14-27)11-12-25(18)16-20-6-2-5-19(21-20)15-23-10-9-22(17-23)7-3-13-26/h2,5-6,9-12,18,26-27H,3-4,7-8,13-17H2,1H3. The van der Waals surface area contributed by atoms with Gasteiger partial charge in [-0.15, -0.1) is 0 Å². The maximum absolute atomic E-state index is 9.02. The molecule has 0 spiro atoms. The maximum Gasteiger partial charge on any atom is 0.0981 e. The Morgan fingerprint density at radius 2 is 1.56 bits per heavy atom. The van der Waals surface area contributed by atoms with Gasteiger partial charge in [0.15, 0.2) is 0 Å². The van der Waals surface area contributed by atoms with Crippen LogP contribution in [-0.2, 0) is 13.1 Å². The molecule has 2 N–H and O–H groups in total. The van der Waals surface area contributed by atoms with E-state index in [9.17, 15) is 0 Å². The minimum Gasteiger partial charge on any atom is -0.396 e. The number of nitrogens with zero attached hydrogens (tertiary/aromatic N) is 5. The molecule has 2 aliphatic rings. The Morgan fingerprint density at radius 3 is 2.33 bits per heavy atom. The van der Waals surface area contributed by atoms with Gasteiger partial charge in [0.25, 0.3) is 0 Å². The predicted molar refractivity (Wildman–Crippen MR) is 105 cm³/mol. The molecule has 1 aromatic heterocycles. The van der Waals surface area contributed by atoms with Crippen molar-refractivity contribution in [1.82, 2.24) is 24.6 Å². The monoisotopic (exact) mass is 373 g/mol. The van der Waals surface area contributed by atoms with Crippen LogP contribution in [0.2, 0.25) is 0 Å². The molecule has 27 heavy (non-hydrogen) atoms. The van der Waals surface area contributed by atoms with Crippen LogP contribution >= 0.6 is 0 Å². The van der Waals surface area contributed by atoms with Crippen molar-refractivity contribution in [2.24, 2.45) is 0 Å². The van der Waals surface area contributed by atoms with E-state index in [-0.39, 0.29) is 19.4 Å². The Hall–Kier alpha value is -2.25. The van der Waals surface area contributed by atoms with E-state index < -0.39 is 0 Å². The molecule has 0 aliphatic carbocycles. The van der Waals surface area contributed by atoms with E-state index in [1.807, 2.05) is 0 Å². The number of aliphatic hydroxyl groups is 2. The van der Waals surface area contributed by atoms with Crippen molar-refractivity contribution in [3.05, 3.63) is 54.4 Å². The number of hydrogen-bond acceptors (Lipinski definition) is 7. The molecule has 0 amide bonds. The minimum absolute atomic E-state index is 0.225. The van der Waals surface area contributed by atoms with Crippen molar-refractivity contribution in [1.29, 1.82) is 0 Å². The Bertz CT molecular complexity index is 651. The molecule has 0 radical (unpaired) electrons. The summed E-state index contributed by atoms with van der Waals surface area (Å²) in [5.74, 6) is 0. The Kier molecular flexibility index (Phi) is 6.95. The maximum atomic E-state index is 9.02. The summed E-state index contributed by atoms with van der Waals surface area (Å²) in [5.41, 5.74) is 2.13. The van der Waals surface area contributed by atoms with Gasteiger partial charge in [-0.3, -0.25) is 4.98 Å². The summed E-state index contributed by atoms with van der Waals surface area (Å²) in [4.78, 5) is 13.8. The number of hydrogen-bond donors (Lipinski definition) is 2. The lowest BCUT2D eigenvalue weighted by Gasteiger charge is -2.29. The normalized spacial score (nSPS) is 19.0. The summed E-state index contributed by atoms with van der Waals surface area (Å²) in [6, 6.07) is 6.23. The summed E-state index contributed by atoms with van der Waals surface area (Å²) >= 11 is 0. The molecule has 1 atom stereocenters. The number of aliphatic hydroxyl groups excluding tert-OH is 2. The van der Waals surface area contributed by atoms with Crippen molar-refractivity contribution in [2.45, 2.75) is 39.0 Å². The van der Waals surface area contributed by atoms with Crippen LogP contribution in [0.1, 0.15) is 31.2 Å². The average Bonchev–Trinajstić information content (AvgIpc) is 3.26. The summed E-state index contributed by atoms with van der Waals surface area (Å²) in [6.07, 6.45) is 10.2. The number of aromatic nitrogens is 1. The largest absolute Gasteiger partial charge is 0.396 e. The van der Waals surface area contributed by atoms with Crippen molar-refractivity contribution in [3.63, 3.8) is 0 Å². The molecule has 0 fully saturated rings. The second-order valence-electron chi connectivity index (χ2n) is 7.11. The SMILES string of the molecule is CC1N(CCCO)C=CN1Cc1cccc(CN2C=CN(CCCO)C2)n1. The van der Waals surface area contributed by atoms with Gasteiger partial charge >= 0.3 is 0 Å². The van der Waals surface area contributed by atoms with E-state index in [1.165, 1.54) is 0 Å². The molecule has 3 heterocycles. The Labute approximate surface area is 161 Å². The lowest BCUT2D eigenvalue weighted by molar-refractivity contribution is 0.152. The van der Waals surface area contributed by atoms with Crippen molar-refractivity contribution >= 4 is 0 Å². The van der Waals surface area contributed by atoms with Gasteiger partial charge in [0.05, 0.1) is 37.3 Å². The molecular formula is C20H31N5O2. The zero-order valence-electron chi connectivity index (χ0n) is 16.1. The van der Waals surface area contributed by atoms with Gasteiger partial charge in [-0.1, -0.05) is 6.07 Å². The quantitative estimate of drug-likeness (QED) is 0.641. The van der Waals surface area contributed by atoms with E-state index in [0.717, 1.165) is 57.1 Å². The summed E-state index contributed by atoms with van der Waals surface area (Å²) in [5, 5.41) is 18.0. The fourth-order valence-corrected chi connectivity index (χ4v) is 3.45. The van der Waals surface area contributed by atoms with Crippen molar-refractivity contribution < 1.29 is 10.2 Å². The first-order valence-corrected chi connectivity index (χ1v) is 9.72. The molecular weight excluding hydrogens is 342 g/mol. The topological polar surface area (TPSA) is 66.3 Å². The van der Waals surface area contributed by atoms with Crippen LogP contribution in [0.5, 0.6) is 0 Å². The Morgan fingerprint density at radius 1 is 0.889 bits per heavy atom. The smallest absolute Gasteiger partial charge is 0.0981 e. The van der Waals surface area contributed by atoms with E-state index in [1.54, 1.807) is 0 Å². The predicted octanol–water partition coefficient (Wildman–Crippen LogP) is 1.33. The molecule has 3 rings (SSSR count). The van der Waals surface area contributed by atoms with Crippen LogP contribution in [0.15, 0.2) is 43.0 Å². The third kappa shape index (κ3) is 5.37. The lowest BCUT2D eigenvalue weighted by Crippen LogP contribution is -2.36. The van der Waals surface area contributed by atoms with Gasteiger partial charge in [0, 0.05) is 51.1 Å². The van der Waals surface area contributed by atoms with Gasteiger partial charge in [0.2, 0.25) is 0 Å². The van der Waals surface area contributed by atoms with Crippen LogP contribution < -0.4 is 0 Å². The van der Waals surface area contributed by atoms with Crippen LogP contribution in [0.3, 0.4) is 0 Å². The summed E-state index contributed by atoms with van der Waals surface area (Å²) in [6.45, 7) is 6.79. The average molecular weight is 374 g/mol. The fourth-order valence-electron chi connectivity index (χ4n) is 3.45. The van der Waals surface area contributed by atoms with Crippen molar-refractivity contribution in [2.75, 3.05) is 33.0 Å². The van der Waals surface area contributed by atoms with E-state index in [4.69, 9.17) is 15.2 Å². The van der Waals surface area contributed by atoms with Crippen LogP contribution in [0.4, 0.5) is 0 Å². The first-order valence-electron chi connectivity index (χ1n) is 9.72. The van der Waals surface area contributed by atoms with E-state index >= 15 is 0 Å². The molecule has 0 saturated carbocycles. The zero-order valence-corrected chi connectivity index (χ0v) is 16.1. The minimum atomic E-state index is 0.225. The molecule has 2 aliphatic heterocycles. The zero-order chi connectivity index (χ0) is 19.1. The second-order valence-corrected chi connectivity index (χ2v) is 7.11. The number of pyridine rings is 1. The number of rotatable bonds is 10. The lowest BCUT2D eigenvalue weighted by atomic mass is 10.2. The first kappa shape index (κ1) is 19.5. The molecule has 7 heteroatoms. The third-order valence-corrected chi connectivity index (χ3v) is 5.01. The molecule has 7 nitrogen and oxygen atoms in total. The molecule has 148 valence electrons. The highest BCUT2D eigenvalue weighted by molar-refractivity contribution is 5.13. The van der Waals surface area contributed by atoms with Gasteiger partial charge in [-0.2, -0.15) is 0 Å². The highest BCUT2D eigenvalue weighted by Crippen LogP contribution is 2.19. The van der Waals surface area contributed by atoms with Crippen molar-refractivity contribution in [3.8, 4) is 0 Å². The van der Waals surface area contributed by atoms with Gasteiger partial charge in [-0.25, -0.2) is 0 Å². The highest BCUT2D eigenvalue weighted by Gasteiger charge is 2.21. The van der Waals surface area contributed by atoms with E-state index in [0.29, 0.717) is 0 Å². The molecule has 0 saturated heterocycles. The summed E-state index contributed by atoms with van der Waals surface area (Å²) in [7, 11) is 0. The van der Waals surface area contributed by atoms with Crippen LogP contribution in [0.25, 0.3) is 0 Å². The molecule has 0 aromatic carbocycles.